The maximum atomic E-state index is 13.0. The minimum Gasteiger partial charge on any atom is -0.454 e. The topological polar surface area (TPSA) is 81.5 Å². The molecule has 0 radical (unpaired) electrons. The largest absolute Gasteiger partial charge is 0.454 e. The van der Waals surface area contributed by atoms with E-state index in [1.165, 1.54) is 18.4 Å². The Kier molecular flexibility index (Phi) is 5.16. The van der Waals surface area contributed by atoms with E-state index in [-0.39, 0.29) is 23.8 Å². The van der Waals surface area contributed by atoms with E-state index in [9.17, 15) is 9.59 Å². The zero-order chi connectivity index (χ0) is 21.2. The summed E-state index contributed by atoms with van der Waals surface area (Å²) in [5.74, 6) is 0.548. The molecule has 0 spiro atoms. The molecule has 4 aromatic rings. The molecule has 7 nitrogen and oxygen atoms in total. The van der Waals surface area contributed by atoms with Gasteiger partial charge in [0, 0.05) is 18.9 Å². The minimum absolute atomic E-state index is 0.153. The van der Waals surface area contributed by atoms with Crippen LogP contribution >= 0.6 is 0 Å². The Morgan fingerprint density at radius 3 is 2.90 bits per heavy atom. The first kappa shape index (κ1) is 19.4. The van der Waals surface area contributed by atoms with Gasteiger partial charge in [-0.05, 0) is 68.5 Å². The number of carbonyl (C=O) groups excluding carboxylic acids is 1. The molecule has 0 fully saturated rings. The molecule has 0 saturated carbocycles. The highest BCUT2D eigenvalue weighted by Gasteiger charge is 2.15. The summed E-state index contributed by atoms with van der Waals surface area (Å²) in [4.78, 5) is 29.9. The van der Waals surface area contributed by atoms with E-state index in [0.29, 0.717) is 23.5 Å². The molecule has 1 N–H and O–H groups in total. The second kappa shape index (κ2) is 8.26. The molecule has 1 aliphatic rings. The Morgan fingerprint density at radius 2 is 2.03 bits per heavy atom. The molecular weight excluding hydrogens is 392 g/mol. The van der Waals surface area contributed by atoms with Gasteiger partial charge in [0.2, 0.25) is 0 Å². The molecule has 0 bridgehead atoms. The van der Waals surface area contributed by atoms with Crippen molar-refractivity contribution in [2.75, 3.05) is 6.54 Å². The predicted octanol–water partition coefficient (Wildman–Crippen LogP) is 3.91. The number of nitrogens with one attached hydrogen (secondary N) is 1. The Bertz CT molecular complexity index is 1340. The Morgan fingerprint density at radius 1 is 1.13 bits per heavy atom. The van der Waals surface area contributed by atoms with Crippen molar-refractivity contribution in [3.8, 4) is 0 Å². The van der Waals surface area contributed by atoms with E-state index in [0.717, 1.165) is 24.8 Å². The van der Waals surface area contributed by atoms with Crippen molar-refractivity contribution in [1.82, 2.24) is 19.3 Å². The van der Waals surface area contributed by atoms with Crippen LogP contribution in [0.1, 0.15) is 48.4 Å². The maximum absolute atomic E-state index is 13.0. The van der Waals surface area contributed by atoms with E-state index in [4.69, 9.17) is 4.42 Å². The first-order chi connectivity index (χ1) is 15.2. The quantitative estimate of drug-likeness (QED) is 0.483. The number of nitrogens with zero attached hydrogens (tertiary/aromatic N) is 3. The second-order valence-electron chi connectivity index (χ2n) is 7.88. The fraction of sp³-hybridized carbons (Fsp3) is 0.292. The highest BCUT2D eigenvalue weighted by Crippen LogP contribution is 2.20. The van der Waals surface area contributed by atoms with Gasteiger partial charge in [-0.2, -0.15) is 0 Å². The van der Waals surface area contributed by atoms with Crippen LogP contribution < -0.4 is 10.9 Å². The first-order valence-electron chi connectivity index (χ1n) is 10.7. The summed E-state index contributed by atoms with van der Waals surface area (Å²) in [6, 6.07) is 10.8. The summed E-state index contributed by atoms with van der Waals surface area (Å²) in [5, 5.41) is 2.93. The minimum atomic E-state index is -0.236. The predicted molar refractivity (Wildman–Crippen MR) is 118 cm³/mol. The van der Waals surface area contributed by atoms with Crippen LogP contribution in [0.3, 0.4) is 0 Å². The number of hydrogen-bond acceptors (Lipinski definition) is 4. The second-order valence-corrected chi connectivity index (χ2v) is 7.88. The number of carbonyl (C=O) groups is 1. The molecule has 158 valence electrons. The van der Waals surface area contributed by atoms with Crippen LogP contribution in [0.2, 0.25) is 0 Å². The molecule has 1 amide bonds. The third kappa shape index (κ3) is 3.79. The van der Waals surface area contributed by atoms with E-state index in [1.807, 2.05) is 28.8 Å². The van der Waals surface area contributed by atoms with Gasteiger partial charge in [0.25, 0.3) is 11.5 Å². The summed E-state index contributed by atoms with van der Waals surface area (Å²) in [6.07, 6.45) is 11.4. The molecule has 4 heterocycles. The number of fused-ring (bicyclic) bond motifs is 3. The monoisotopic (exact) mass is 416 g/mol. The average molecular weight is 416 g/mol. The smallest absolute Gasteiger partial charge is 0.287 e. The molecule has 0 aromatic carbocycles. The molecule has 0 unspecified atom stereocenters. The van der Waals surface area contributed by atoms with Crippen molar-refractivity contribution in [2.24, 2.45) is 0 Å². The van der Waals surface area contributed by atoms with Crippen LogP contribution in [0.15, 0.2) is 69.7 Å². The first-order valence-corrected chi connectivity index (χ1v) is 10.7. The molecule has 1 aliphatic carbocycles. The molecule has 31 heavy (non-hydrogen) atoms. The van der Waals surface area contributed by atoms with Crippen molar-refractivity contribution < 1.29 is 9.21 Å². The van der Waals surface area contributed by atoms with Crippen LogP contribution in [0.4, 0.5) is 0 Å². The standard InChI is InChI=1S/C24H24N4O3/c29-23(26-14-12-17-6-2-1-3-7-17)21-11-10-18(31-21)16-28-22-19(8-4-13-25-22)27-15-5-9-20(27)24(28)30/h4-6,8-11,13,15H,1-3,7,12,14,16H2,(H,26,29). The highest BCUT2D eigenvalue weighted by molar-refractivity contribution is 5.91. The summed E-state index contributed by atoms with van der Waals surface area (Å²) in [7, 11) is 0. The molecule has 0 saturated heterocycles. The lowest BCUT2D eigenvalue weighted by Gasteiger charge is -2.12. The summed E-state index contributed by atoms with van der Waals surface area (Å²) in [5.41, 5.74) is 3.25. The molecule has 7 heteroatoms. The van der Waals surface area contributed by atoms with Crippen molar-refractivity contribution in [1.29, 1.82) is 0 Å². The number of aromatic nitrogens is 3. The summed E-state index contributed by atoms with van der Waals surface area (Å²) in [6.45, 7) is 0.799. The van der Waals surface area contributed by atoms with E-state index < -0.39 is 0 Å². The lowest BCUT2D eigenvalue weighted by Crippen LogP contribution is -2.25. The summed E-state index contributed by atoms with van der Waals surface area (Å²) < 4.78 is 9.19. The van der Waals surface area contributed by atoms with Gasteiger partial charge in [0.05, 0.1) is 12.1 Å². The van der Waals surface area contributed by atoms with E-state index in [1.54, 1.807) is 29.0 Å². The number of pyridine rings is 1. The van der Waals surface area contributed by atoms with Crippen molar-refractivity contribution >= 4 is 22.6 Å². The SMILES string of the molecule is O=C(NCCC1=CCCCC1)c1ccc(Cn2c(=O)c3cccn3c3cccnc32)o1. The third-order valence-electron chi connectivity index (χ3n) is 5.81. The fourth-order valence-electron chi connectivity index (χ4n) is 4.23. The van der Waals surface area contributed by atoms with E-state index in [2.05, 4.69) is 16.4 Å². The van der Waals surface area contributed by atoms with Crippen LogP contribution in [0.25, 0.3) is 16.7 Å². The number of furan rings is 1. The Labute approximate surface area is 179 Å². The number of rotatable bonds is 6. The van der Waals surface area contributed by atoms with Crippen LogP contribution in [-0.2, 0) is 6.54 Å². The van der Waals surface area contributed by atoms with Gasteiger partial charge in [-0.3, -0.25) is 14.2 Å². The van der Waals surface area contributed by atoms with Gasteiger partial charge in [-0.1, -0.05) is 11.6 Å². The molecule has 0 aliphatic heterocycles. The third-order valence-corrected chi connectivity index (χ3v) is 5.81. The van der Waals surface area contributed by atoms with Gasteiger partial charge < -0.3 is 14.1 Å². The number of allylic oxidation sites excluding steroid dienone is 1. The lowest BCUT2D eigenvalue weighted by atomic mass is 9.97. The van der Waals surface area contributed by atoms with Crippen molar-refractivity contribution in [3.05, 3.63) is 82.3 Å². The lowest BCUT2D eigenvalue weighted by molar-refractivity contribution is 0.0924. The molecular formula is C24H24N4O3. The van der Waals surface area contributed by atoms with Gasteiger partial charge in [-0.15, -0.1) is 0 Å². The number of amides is 1. The molecule has 5 rings (SSSR count). The normalized spacial score (nSPS) is 14.1. The van der Waals surface area contributed by atoms with Crippen molar-refractivity contribution in [3.63, 3.8) is 0 Å². The van der Waals surface area contributed by atoms with Gasteiger partial charge >= 0.3 is 0 Å². The average Bonchev–Trinajstić information content (AvgIpc) is 3.47. The zero-order valence-corrected chi connectivity index (χ0v) is 17.2. The van der Waals surface area contributed by atoms with Crippen LogP contribution in [0, 0.1) is 0 Å². The van der Waals surface area contributed by atoms with E-state index >= 15 is 0 Å². The maximum Gasteiger partial charge on any atom is 0.287 e. The fourth-order valence-corrected chi connectivity index (χ4v) is 4.23. The highest BCUT2D eigenvalue weighted by atomic mass is 16.4. The molecule has 0 atom stereocenters. The van der Waals surface area contributed by atoms with Gasteiger partial charge in [0.1, 0.15) is 11.3 Å². The molecule has 4 aromatic heterocycles. The number of hydrogen-bond donors (Lipinski definition) is 1. The van der Waals surface area contributed by atoms with Gasteiger partial charge in [-0.25, -0.2) is 4.98 Å². The Hall–Kier alpha value is -3.61. The zero-order valence-electron chi connectivity index (χ0n) is 17.2. The van der Waals surface area contributed by atoms with Crippen LogP contribution in [-0.4, -0.2) is 26.4 Å². The Balaban J connectivity index is 1.34. The van der Waals surface area contributed by atoms with Crippen LogP contribution in [0.5, 0.6) is 0 Å². The summed E-state index contributed by atoms with van der Waals surface area (Å²) >= 11 is 0. The van der Waals surface area contributed by atoms with Gasteiger partial charge in [0.15, 0.2) is 11.4 Å². The van der Waals surface area contributed by atoms with Crippen molar-refractivity contribution in [2.45, 2.75) is 38.6 Å².